The van der Waals surface area contributed by atoms with Crippen LogP contribution >= 0.6 is 0 Å². The minimum Gasteiger partial charge on any atom is -0.200 e. The second-order valence-corrected chi connectivity index (χ2v) is 6.58. The monoisotopic (exact) mass is 286 g/mol. The molecule has 0 bridgehead atoms. The lowest BCUT2D eigenvalue weighted by Crippen LogP contribution is -2.28. The van der Waals surface area contributed by atoms with Crippen LogP contribution < -0.4 is 0 Å². The van der Waals surface area contributed by atoms with Crippen molar-refractivity contribution in [1.29, 1.82) is 0 Å². The van der Waals surface area contributed by atoms with E-state index in [1.54, 1.807) is 30.5 Å². The number of sulfonamides is 1. The fourth-order valence-corrected chi connectivity index (χ4v) is 3.30. The van der Waals surface area contributed by atoms with E-state index in [1.807, 2.05) is 31.2 Å². The number of benzene rings is 2. The number of hydrogen-bond donors (Lipinski definition) is 0. The van der Waals surface area contributed by atoms with Gasteiger partial charge in [-0.05, 0) is 30.2 Å². The Balaban J connectivity index is 1.96. The third kappa shape index (κ3) is 2.20. The highest BCUT2D eigenvalue weighted by molar-refractivity contribution is 7.89. The van der Waals surface area contributed by atoms with E-state index in [2.05, 4.69) is 5.10 Å². The largest absolute Gasteiger partial charge is 0.279 e. The van der Waals surface area contributed by atoms with Crippen LogP contribution in [-0.4, -0.2) is 19.0 Å². The van der Waals surface area contributed by atoms with Crippen molar-refractivity contribution in [2.75, 3.05) is 0 Å². The van der Waals surface area contributed by atoms with E-state index in [-0.39, 0.29) is 11.4 Å². The molecular formula is C15H14N2O2S. The van der Waals surface area contributed by atoms with Crippen molar-refractivity contribution in [3.05, 3.63) is 65.2 Å². The van der Waals surface area contributed by atoms with Gasteiger partial charge in [-0.15, -0.1) is 0 Å². The summed E-state index contributed by atoms with van der Waals surface area (Å²) in [7, 11) is -3.59. The summed E-state index contributed by atoms with van der Waals surface area (Å²) in [5.41, 5.74) is 2.94. The number of fused-ring (bicyclic) bond motifs is 1. The van der Waals surface area contributed by atoms with Gasteiger partial charge in [-0.25, -0.2) is 0 Å². The van der Waals surface area contributed by atoms with Crippen LogP contribution in [0.15, 0.2) is 58.5 Å². The molecule has 3 rings (SSSR count). The molecule has 2 aromatic carbocycles. The zero-order valence-corrected chi connectivity index (χ0v) is 11.8. The van der Waals surface area contributed by atoms with Crippen molar-refractivity contribution in [3.8, 4) is 0 Å². The quantitative estimate of drug-likeness (QED) is 0.852. The van der Waals surface area contributed by atoms with Crippen LogP contribution in [0.2, 0.25) is 0 Å². The standard InChI is InChI=1S/C15H14N2O2S/c1-12-6-8-15(9-7-12)20(18,19)17-11-14-5-3-2-4-13(14)10-16-17/h2-10H,11H2,1H3. The van der Waals surface area contributed by atoms with Crippen LogP contribution in [0.1, 0.15) is 16.7 Å². The van der Waals surface area contributed by atoms with Crippen LogP contribution in [-0.2, 0) is 16.6 Å². The Morgan fingerprint density at radius 2 is 1.75 bits per heavy atom. The van der Waals surface area contributed by atoms with Crippen molar-refractivity contribution in [3.63, 3.8) is 0 Å². The first-order valence-corrected chi connectivity index (χ1v) is 7.73. The summed E-state index contributed by atoms with van der Waals surface area (Å²) in [6, 6.07) is 14.4. The highest BCUT2D eigenvalue weighted by Crippen LogP contribution is 2.23. The molecule has 0 amide bonds. The molecule has 1 heterocycles. The molecule has 2 aromatic rings. The lowest BCUT2D eigenvalue weighted by Gasteiger charge is -2.23. The molecule has 0 atom stereocenters. The highest BCUT2D eigenvalue weighted by Gasteiger charge is 2.25. The molecule has 0 saturated carbocycles. The summed E-state index contributed by atoms with van der Waals surface area (Å²) in [6.45, 7) is 2.19. The van der Waals surface area contributed by atoms with Crippen molar-refractivity contribution in [2.24, 2.45) is 5.10 Å². The third-order valence-corrected chi connectivity index (χ3v) is 4.93. The second kappa shape index (κ2) is 4.76. The number of nitrogens with zero attached hydrogens (tertiary/aromatic N) is 2. The SMILES string of the molecule is Cc1ccc(S(=O)(=O)N2Cc3ccccc3C=N2)cc1. The normalized spacial score (nSPS) is 14.2. The Morgan fingerprint density at radius 1 is 1.05 bits per heavy atom. The number of rotatable bonds is 2. The van der Waals surface area contributed by atoms with Gasteiger partial charge in [0, 0.05) is 0 Å². The average molecular weight is 286 g/mol. The summed E-state index contributed by atoms with van der Waals surface area (Å²) < 4.78 is 26.2. The van der Waals surface area contributed by atoms with E-state index in [1.165, 1.54) is 0 Å². The van der Waals surface area contributed by atoms with Gasteiger partial charge in [0.25, 0.3) is 10.0 Å². The van der Waals surface area contributed by atoms with Crippen molar-refractivity contribution >= 4 is 16.2 Å². The number of aryl methyl sites for hydroxylation is 1. The van der Waals surface area contributed by atoms with Crippen LogP contribution in [0, 0.1) is 6.92 Å². The fraction of sp³-hybridized carbons (Fsp3) is 0.133. The maximum atomic E-state index is 12.5. The van der Waals surface area contributed by atoms with Crippen LogP contribution in [0.25, 0.3) is 0 Å². The van der Waals surface area contributed by atoms with Crippen molar-refractivity contribution < 1.29 is 8.42 Å². The molecule has 0 unspecified atom stereocenters. The molecule has 0 aliphatic carbocycles. The van der Waals surface area contributed by atoms with E-state index >= 15 is 0 Å². The zero-order valence-electron chi connectivity index (χ0n) is 11.0. The summed E-state index contributed by atoms with van der Waals surface area (Å²) in [6.07, 6.45) is 1.59. The molecule has 0 aromatic heterocycles. The van der Waals surface area contributed by atoms with Gasteiger partial charge in [-0.1, -0.05) is 42.0 Å². The van der Waals surface area contributed by atoms with Crippen molar-refractivity contribution in [1.82, 2.24) is 4.41 Å². The minimum atomic E-state index is -3.59. The molecule has 4 nitrogen and oxygen atoms in total. The predicted molar refractivity (Wildman–Crippen MR) is 77.9 cm³/mol. The molecular weight excluding hydrogens is 272 g/mol. The summed E-state index contributed by atoms with van der Waals surface area (Å²) in [4.78, 5) is 0.264. The molecule has 5 heteroatoms. The molecule has 1 aliphatic heterocycles. The molecule has 0 N–H and O–H groups in total. The summed E-state index contributed by atoms with van der Waals surface area (Å²) in [5.74, 6) is 0. The molecule has 0 saturated heterocycles. The average Bonchev–Trinajstić information content (AvgIpc) is 2.47. The molecule has 1 aliphatic rings. The molecule has 0 radical (unpaired) electrons. The maximum Gasteiger partial charge on any atom is 0.279 e. The van der Waals surface area contributed by atoms with Gasteiger partial charge in [0.2, 0.25) is 0 Å². The van der Waals surface area contributed by atoms with Gasteiger partial charge in [0.15, 0.2) is 0 Å². The first kappa shape index (κ1) is 12.9. The fourth-order valence-electron chi connectivity index (χ4n) is 2.10. The first-order valence-electron chi connectivity index (χ1n) is 6.29. The molecule has 0 fully saturated rings. The predicted octanol–water partition coefficient (Wildman–Crippen LogP) is 2.53. The highest BCUT2D eigenvalue weighted by atomic mass is 32.2. The minimum absolute atomic E-state index is 0.264. The Kier molecular flexibility index (Phi) is 3.06. The Labute approximate surface area is 118 Å². The maximum absolute atomic E-state index is 12.5. The molecule has 0 spiro atoms. The Hall–Kier alpha value is -2.14. The smallest absolute Gasteiger partial charge is 0.200 e. The third-order valence-electron chi connectivity index (χ3n) is 3.28. The van der Waals surface area contributed by atoms with Crippen molar-refractivity contribution in [2.45, 2.75) is 18.4 Å². The van der Waals surface area contributed by atoms with E-state index < -0.39 is 10.0 Å². The van der Waals surface area contributed by atoms with Crippen LogP contribution in [0.5, 0.6) is 0 Å². The Morgan fingerprint density at radius 3 is 2.50 bits per heavy atom. The Bertz CT molecular complexity index is 765. The van der Waals surface area contributed by atoms with Gasteiger partial charge < -0.3 is 0 Å². The van der Waals surface area contributed by atoms with Gasteiger partial charge in [0.05, 0.1) is 17.7 Å². The zero-order chi connectivity index (χ0) is 14.2. The summed E-state index contributed by atoms with van der Waals surface area (Å²) >= 11 is 0. The van der Waals surface area contributed by atoms with E-state index in [9.17, 15) is 8.42 Å². The second-order valence-electron chi connectivity index (χ2n) is 4.74. The van der Waals surface area contributed by atoms with E-state index in [4.69, 9.17) is 0 Å². The lowest BCUT2D eigenvalue weighted by atomic mass is 10.1. The molecule has 20 heavy (non-hydrogen) atoms. The van der Waals surface area contributed by atoms with E-state index in [0.717, 1.165) is 21.1 Å². The lowest BCUT2D eigenvalue weighted by molar-refractivity contribution is 0.422. The number of hydrogen-bond acceptors (Lipinski definition) is 3. The van der Waals surface area contributed by atoms with Crippen LogP contribution in [0.3, 0.4) is 0 Å². The van der Waals surface area contributed by atoms with Crippen LogP contribution in [0.4, 0.5) is 0 Å². The topological polar surface area (TPSA) is 49.7 Å². The first-order chi connectivity index (χ1) is 9.57. The van der Waals surface area contributed by atoms with Gasteiger partial charge in [-0.2, -0.15) is 17.9 Å². The van der Waals surface area contributed by atoms with Gasteiger partial charge in [-0.3, -0.25) is 0 Å². The summed E-state index contributed by atoms with van der Waals surface area (Å²) in [5, 5.41) is 4.06. The van der Waals surface area contributed by atoms with Gasteiger partial charge in [0.1, 0.15) is 0 Å². The van der Waals surface area contributed by atoms with E-state index in [0.29, 0.717) is 0 Å². The number of hydrazone groups is 1. The van der Waals surface area contributed by atoms with Gasteiger partial charge >= 0.3 is 0 Å². The molecule has 102 valence electrons.